The van der Waals surface area contributed by atoms with E-state index in [-0.39, 0.29) is 5.82 Å². The Balaban J connectivity index is 2.20. The Hall–Kier alpha value is -1.94. The second-order valence-electron chi connectivity index (χ2n) is 4.92. The third-order valence-corrected chi connectivity index (χ3v) is 3.11. The summed E-state index contributed by atoms with van der Waals surface area (Å²) in [5, 5.41) is 10.6. The number of rotatable bonds is 5. The van der Waals surface area contributed by atoms with Crippen molar-refractivity contribution < 1.29 is 14.2 Å². The van der Waals surface area contributed by atoms with Crippen molar-refractivity contribution in [2.75, 3.05) is 6.61 Å². The van der Waals surface area contributed by atoms with E-state index in [0.29, 0.717) is 24.3 Å². The van der Waals surface area contributed by atoms with Crippen LogP contribution in [0.4, 0.5) is 4.39 Å². The average Bonchev–Trinajstić information content (AvgIpc) is 2.42. The van der Waals surface area contributed by atoms with E-state index in [1.807, 2.05) is 6.92 Å². The summed E-state index contributed by atoms with van der Waals surface area (Å²) in [5.74, 6) is 0.345. The van der Waals surface area contributed by atoms with E-state index in [0.717, 1.165) is 5.56 Å². The number of hydrogen-bond acceptors (Lipinski definition) is 3. The van der Waals surface area contributed by atoms with Crippen LogP contribution in [0.15, 0.2) is 42.7 Å². The molecule has 0 amide bonds. The molecule has 106 valence electrons. The Bertz CT molecular complexity index is 567. The van der Waals surface area contributed by atoms with E-state index >= 15 is 0 Å². The molecule has 4 heteroatoms. The quantitative estimate of drug-likeness (QED) is 0.912. The van der Waals surface area contributed by atoms with Crippen LogP contribution < -0.4 is 4.74 Å². The highest BCUT2D eigenvalue weighted by Crippen LogP contribution is 2.27. The zero-order chi connectivity index (χ0) is 14.6. The minimum atomic E-state index is -1.09. The molecule has 3 nitrogen and oxygen atoms in total. The maximum Gasteiger partial charge on any atom is 0.137 e. The predicted octanol–water partition coefficient (Wildman–Crippen LogP) is 3.07. The molecule has 0 aliphatic heterocycles. The van der Waals surface area contributed by atoms with Gasteiger partial charge in [0.2, 0.25) is 0 Å². The van der Waals surface area contributed by atoms with Gasteiger partial charge in [-0.1, -0.05) is 12.1 Å². The lowest BCUT2D eigenvalue weighted by Crippen LogP contribution is -2.24. The van der Waals surface area contributed by atoms with Crippen LogP contribution in [-0.4, -0.2) is 16.7 Å². The molecule has 20 heavy (non-hydrogen) atoms. The molecular formula is C16H18FNO2. The Kier molecular flexibility index (Phi) is 4.35. The van der Waals surface area contributed by atoms with E-state index in [2.05, 4.69) is 4.98 Å². The van der Waals surface area contributed by atoms with Crippen LogP contribution >= 0.6 is 0 Å². The summed E-state index contributed by atoms with van der Waals surface area (Å²) in [6.07, 6.45) is 3.61. The summed E-state index contributed by atoms with van der Waals surface area (Å²) in [6, 6.07) is 7.90. The van der Waals surface area contributed by atoms with Crippen molar-refractivity contribution in [3.63, 3.8) is 0 Å². The molecule has 1 aromatic carbocycles. The van der Waals surface area contributed by atoms with Gasteiger partial charge in [0.25, 0.3) is 0 Å². The molecule has 0 aliphatic rings. The third-order valence-electron chi connectivity index (χ3n) is 3.11. The van der Waals surface area contributed by atoms with Gasteiger partial charge in [0.1, 0.15) is 11.6 Å². The van der Waals surface area contributed by atoms with Crippen LogP contribution in [0.25, 0.3) is 0 Å². The standard InChI is InChI=1S/C16H18FNO2/c1-3-20-15-8-13(10-18-11-15)16(2,19)9-12-4-6-14(17)7-5-12/h4-8,10-11,19H,3,9H2,1-2H3. The van der Waals surface area contributed by atoms with Gasteiger partial charge in [-0.3, -0.25) is 4.98 Å². The number of pyridine rings is 1. The Morgan fingerprint density at radius 3 is 2.60 bits per heavy atom. The normalized spacial score (nSPS) is 13.8. The number of nitrogens with zero attached hydrogens (tertiary/aromatic N) is 1. The SMILES string of the molecule is CCOc1cncc(C(C)(O)Cc2ccc(F)cc2)c1. The molecule has 1 atom stereocenters. The van der Waals surface area contributed by atoms with Crippen LogP contribution in [0.3, 0.4) is 0 Å². The Morgan fingerprint density at radius 1 is 1.25 bits per heavy atom. The second kappa shape index (κ2) is 6.01. The summed E-state index contributed by atoms with van der Waals surface area (Å²) in [4.78, 5) is 4.08. The molecule has 0 aliphatic carbocycles. The lowest BCUT2D eigenvalue weighted by Gasteiger charge is -2.24. The molecule has 1 aromatic heterocycles. The number of ether oxygens (including phenoxy) is 1. The van der Waals surface area contributed by atoms with Crippen molar-refractivity contribution in [2.45, 2.75) is 25.9 Å². The first kappa shape index (κ1) is 14.5. The lowest BCUT2D eigenvalue weighted by atomic mass is 9.90. The number of halogens is 1. The molecule has 2 aromatic rings. The summed E-state index contributed by atoms with van der Waals surface area (Å²) in [6.45, 7) is 4.15. The number of aromatic nitrogens is 1. The Labute approximate surface area is 118 Å². The molecule has 1 unspecified atom stereocenters. The van der Waals surface area contributed by atoms with Crippen LogP contribution in [0.5, 0.6) is 5.75 Å². The van der Waals surface area contributed by atoms with Crippen LogP contribution in [0.2, 0.25) is 0 Å². The van der Waals surface area contributed by atoms with E-state index in [4.69, 9.17) is 4.74 Å². The maximum absolute atomic E-state index is 12.9. The number of benzene rings is 1. The van der Waals surface area contributed by atoms with E-state index in [9.17, 15) is 9.50 Å². The van der Waals surface area contributed by atoms with Gasteiger partial charge in [0, 0.05) is 18.2 Å². The zero-order valence-electron chi connectivity index (χ0n) is 11.6. The fourth-order valence-electron chi connectivity index (χ4n) is 2.06. The summed E-state index contributed by atoms with van der Waals surface area (Å²) in [5.41, 5.74) is 0.448. The first-order valence-electron chi connectivity index (χ1n) is 6.56. The van der Waals surface area contributed by atoms with Crippen LogP contribution in [0, 0.1) is 5.82 Å². The van der Waals surface area contributed by atoms with Gasteiger partial charge in [0.05, 0.1) is 18.4 Å². The highest BCUT2D eigenvalue weighted by molar-refractivity contribution is 5.30. The highest BCUT2D eigenvalue weighted by atomic mass is 19.1. The molecule has 0 bridgehead atoms. The van der Waals surface area contributed by atoms with Crippen molar-refractivity contribution in [3.05, 3.63) is 59.7 Å². The van der Waals surface area contributed by atoms with E-state index in [1.54, 1.807) is 37.5 Å². The first-order chi connectivity index (χ1) is 9.51. The Morgan fingerprint density at radius 2 is 1.95 bits per heavy atom. The van der Waals surface area contributed by atoms with Crippen LogP contribution in [-0.2, 0) is 12.0 Å². The van der Waals surface area contributed by atoms with Crippen molar-refractivity contribution in [2.24, 2.45) is 0 Å². The van der Waals surface area contributed by atoms with Gasteiger partial charge in [-0.05, 0) is 37.6 Å². The number of hydrogen-bond donors (Lipinski definition) is 1. The highest BCUT2D eigenvalue weighted by Gasteiger charge is 2.24. The summed E-state index contributed by atoms with van der Waals surface area (Å²) >= 11 is 0. The molecule has 0 saturated heterocycles. The van der Waals surface area contributed by atoms with Crippen molar-refractivity contribution in [1.29, 1.82) is 0 Å². The zero-order valence-corrected chi connectivity index (χ0v) is 11.6. The molecule has 1 N–H and O–H groups in total. The number of aliphatic hydroxyl groups is 1. The van der Waals surface area contributed by atoms with Gasteiger partial charge in [-0.25, -0.2) is 4.39 Å². The van der Waals surface area contributed by atoms with Gasteiger partial charge >= 0.3 is 0 Å². The van der Waals surface area contributed by atoms with Crippen molar-refractivity contribution in [3.8, 4) is 5.75 Å². The predicted molar refractivity (Wildman–Crippen MR) is 75.1 cm³/mol. The fraction of sp³-hybridized carbons (Fsp3) is 0.312. The lowest BCUT2D eigenvalue weighted by molar-refractivity contribution is 0.0569. The molecule has 0 radical (unpaired) electrons. The second-order valence-corrected chi connectivity index (χ2v) is 4.92. The topological polar surface area (TPSA) is 42.4 Å². The fourth-order valence-corrected chi connectivity index (χ4v) is 2.06. The van der Waals surface area contributed by atoms with Gasteiger partial charge < -0.3 is 9.84 Å². The van der Waals surface area contributed by atoms with Gasteiger partial charge in [0.15, 0.2) is 0 Å². The molecule has 0 spiro atoms. The molecular weight excluding hydrogens is 257 g/mol. The monoisotopic (exact) mass is 275 g/mol. The van der Waals surface area contributed by atoms with Crippen LogP contribution in [0.1, 0.15) is 25.0 Å². The van der Waals surface area contributed by atoms with Gasteiger partial charge in [-0.15, -0.1) is 0 Å². The van der Waals surface area contributed by atoms with E-state index in [1.165, 1.54) is 12.1 Å². The van der Waals surface area contributed by atoms with E-state index < -0.39 is 5.60 Å². The first-order valence-corrected chi connectivity index (χ1v) is 6.56. The molecule has 0 saturated carbocycles. The molecule has 1 heterocycles. The summed E-state index contributed by atoms with van der Waals surface area (Å²) < 4.78 is 18.3. The third kappa shape index (κ3) is 3.54. The molecule has 0 fully saturated rings. The summed E-state index contributed by atoms with van der Waals surface area (Å²) in [7, 11) is 0. The maximum atomic E-state index is 12.9. The minimum absolute atomic E-state index is 0.284. The van der Waals surface area contributed by atoms with Crippen molar-refractivity contribution >= 4 is 0 Å². The van der Waals surface area contributed by atoms with Gasteiger partial charge in [-0.2, -0.15) is 0 Å². The largest absolute Gasteiger partial charge is 0.492 e. The smallest absolute Gasteiger partial charge is 0.137 e. The average molecular weight is 275 g/mol. The van der Waals surface area contributed by atoms with Crippen molar-refractivity contribution in [1.82, 2.24) is 4.98 Å². The molecule has 2 rings (SSSR count). The minimum Gasteiger partial charge on any atom is -0.492 e.